The zero-order valence-electron chi connectivity index (χ0n) is 23.9. The van der Waals surface area contributed by atoms with E-state index in [1.54, 1.807) is 11.9 Å². The van der Waals surface area contributed by atoms with E-state index in [2.05, 4.69) is 36.7 Å². The summed E-state index contributed by atoms with van der Waals surface area (Å²) in [4.78, 5) is 45.9. The van der Waals surface area contributed by atoms with E-state index in [1.165, 1.54) is 23.7 Å². The summed E-state index contributed by atoms with van der Waals surface area (Å²) >= 11 is 0. The molecule has 1 atom stereocenters. The molecule has 215 valence electrons. The Morgan fingerprint density at radius 3 is 2.21 bits per heavy atom. The maximum atomic E-state index is 11.6. The van der Waals surface area contributed by atoms with Crippen molar-refractivity contribution in [1.29, 1.82) is 0 Å². The predicted octanol–water partition coefficient (Wildman–Crippen LogP) is 1.49. The van der Waals surface area contributed by atoms with E-state index in [9.17, 15) is 19.2 Å². The molecule has 0 saturated heterocycles. The Morgan fingerprint density at radius 2 is 1.64 bits per heavy atom. The topological polar surface area (TPSA) is 126 Å². The van der Waals surface area contributed by atoms with Crippen molar-refractivity contribution in [2.45, 2.75) is 46.6 Å². The van der Waals surface area contributed by atoms with Gasteiger partial charge in [0.2, 0.25) is 18.2 Å². The van der Waals surface area contributed by atoms with Crippen LogP contribution in [-0.4, -0.2) is 95.1 Å². The van der Waals surface area contributed by atoms with Crippen molar-refractivity contribution >= 4 is 43.3 Å². The predicted molar refractivity (Wildman–Crippen MR) is 156 cm³/mol. The molecule has 0 aromatic heterocycles. The second kappa shape index (κ2) is 22.7. The molecular weight excluding hydrogens is 499 g/mol. The fourth-order valence-electron chi connectivity index (χ4n) is 2.72. The molecule has 1 aromatic rings. The molecule has 3 N–H and O–H groups in total. The molecule has 0 bridgehead atoms. The summed E-state index contributed by atoms with van der Waals surface area (Å²) in [7, 11) is 6.86. The Morgan fingerprint density at radius 1 is 1.00 bits per heavy atom. The van der Waals surface area contributed by atoms with Crippen LogP contribution in [0.5, 0.6) is 0 Å². The van der Waals surface area contributed by atoms with E-state index in [1.807, 2.05) is 31.2 Å². The van der Waals surface area contributed by atoms with Crippen molar-refractivity contribution in [3.63, 3.8) is 0 Å². The first-order chi connectivity index (χ1) is 18.6. The first-order valence-corrected chi connectivity index (χ1v) is 13.1. The van der Waals surface area contributed by atoms with Crippen LogP contribution in [0, 0.1) is 5.92 Å². The molecule has 11 heteroatoms. The summed E-state index contributed by atoms with van der Waals surface area (Å²) in [6, 6.07) is 7.78. The number of hydrogen-bond acceptors (Lipinski definition) is 6. The van der Waals surface area contributed by atoms with E-state index >= 15 is 0 Å². The van der Waals surface area contributed by atoms with Crippen molar-refractivity contribution in [3.05, 3.63) is 42.0 Å². The number of ether oxygens (including phenoxy) is 2. The Bertz CT molecular complexity index is 893. The zero-order chi connectivity index (χ0) is 29.5. The Balaban J connectivity index is 0.000000820. The van der Waals surface area contributed by atoms with Crippen LogP contribution in [0.15, 0.2) is 36.4 Å². The third-order valence-corrected chi connectivity index (χ3v) is 5.52. The average molecular weight is 543 g/mol. The van der Waals surface area contributed by atoms with Crippen LogP contribution >= 0.6 is 0 Å². The second-order valence-corrected chi connectivity index (χ2v) is 8.98. The van der Waals surface area contributed by atoms with Crippen LogP contribution in [0.25, 0.3) is 0 Å². The number of allylic oxidation sites excluding steroid dienone is 1. The number of hydrogen-bond donors (Lipinski definition) is 3. The van der Waals surface area contributed by atoms with Crippen LogP contribution in [0.4, 0.5) is 5.69 Å². The number of carbonyl (C=O) groups excluding carboxylic acids is 4. The molecule has 0 aliphatic carbocycles. The molecule has 1 rings (SSSR count). The summed E-state index contributed by atoms with van der Waals surface area (Å²) in [6.07, 6.45) is 4.71. The van der Waals surface area contributed by atoms with Crippen LogP contribution in [0.3, 0.4) is 0 Å². The number of likely N-dealkylation sites (N-methyl/N-ethyl adjacent to an activating group) is 1. The van der Waals surface area contributed by atoms with Gasteiger partial charge in [-0.25, -0.2) is 0 Å². The van der Waals surface area contributed by atoms with Gasteiger partial charge in [-0.05, 0) is 37.0 Å². The summed E-state index contributed by atoms with van der Waals surface area (Å²) < 4.78 is 10.7. The minimum atomic E-state index is -0.230. The monoisotopic (exact) mass is 543 g/mol. The van der Waals surface area contributed by atoms with Gasteiger partial charge in [0.1, 0.15) is 0 Å². The molecule has 1 radical (unpaired) electrons. The Kier molecular flexibility index (Phi) is 20.7. The molecule has 39 heavy (non-hydrogen) atoms. The molecule has 0 saturated carbocycles. The number of carbonyl (C=O) groups is 4. The van der Waals surface area contributed by atoms with Crippen LogP contribution in [0.1, 0.15) is 39.7 Å². The maximum absolute atomic E-state index is 11.6. The summed E-state index contributed by atoms with van der Waals surface area (Å²) in [5.41, 5.74) is 1.96. The van der Waals surface area contributed by atoms with Crippen molar-refractivity contribution in [2.24, 2.45) is 5.92 Å². The summed E-state index contributed by atoms with van der Waals surface area (Å²) in [6.45, 7) is 10.3. The summed E-state index contributed by atoms with van der Waals surface area (Å²) in [5.74, 6) is 1.37. The number of amides is 4. The van der Waals surface area contributed by atoms with Crippen molar-refractivity contribution in [1.82, 2.24) is 15.5 Å². The third-order valence-electron chi connectivity index (χ3n) is 5.52. The molecular formula is C28H44BN4O6. The number of anilines is 1. The van der Waals surface area contributed by atoms with Gasteiger partial charge >= 0.3 is 90.7 Å². The van der Waals surface area contributed by atoms with Gasteiger partial charge < -0.3 is 16.0 Å². The molecule has 4 amide bonds. The van der Waals surface area contributed by atoms with Crippen LogP contribution in [-0.2, 0) is 35.1 Å². The molecule has 0 fully saturated rings. The fourth-order valence-corrected chi connectivity index (χ4v) is 2.72. The molecule has 0 spiro atoms. The van der Waals surface area contributed by atoms with Gasteiger partial charge in [0.15, 0.2) is 0 Å². The normalized spacial score (nSPS) is 11.2. The number of nitrogens with one attached hydrogen (secondary N) is 3. The fraction of sp³-hybridized carbons (Fsp3) is 0.536. The van der Waals surface area contributed by atoms with Gasteiger partial charge in [0, 0.05) is 18.2 Å². The summed E-state index contributed by atoms with van der Waals surface area (Å²) in [5, 5.41) is 7.89. The average Bonchev–Trinajstić information content (AvgIpc) is 2.92. The molecule has 10 nitrogen and oxygen atoms in total. The number of rotatable bonds is 18. The minimum absolute atomic E-state index is 0.0000319. The first-order valence-electron chi connectivity index (χ1n) is 13.1. The van der Waals surface area contributed by atoms with Crippen molar-refractivity contribution in [3.8, 4) is 0 Å². The molecule has 0 heterocycles. The van der Waals surface area contributed by atoms with Gasteiger partial charge in [0.25, 0.3) is 0 Å². The van der Waals surface area contributed by atoms with Crippen molar-refractivity contribution in [2.75, 3.05) is 51.9 Å². The van der Waals surface area contributed by atoms with Crippen LogP contribution < -0.4 is 16.0 Å². The minimum Gasteiger partial charge on any atom is -0.353 e. The number of nitrogens with zero attached hydrogens (tertiary/aromatic N) is 1. The van der Waals surface area contributed by atoms with Gasteiger partial charge in [-0.15, -0.1) is 0 Å². The van der Waals surface area contributed by atoms with Gasteiger partial charge in [-0.2, -0.15) is 0 Å². The SMILES string of the molecule is CCc1ccc(NC(=O)CNC=O)cc1.[B]=C/C=C\C(=O)N(C)CCOCCOCCC(=O)NC(C)C(C)C. The van der Waals surface area contributed by atoms with E-state index in [0.717, 1.165) is 12.1 Å². The van der Waals surface area contributed by atoms with E-state index in [0.29, 0.717) is 51.7 Å². The number of benzene rings is 1. The standard InChI is InChI=1S/C17H30BN2O4.C11H14N2O2/c1-14(2)15(3)19-16(21)7-10-23-12-13-24-11-9-20(4)17(22)6-5-8-18;1-2-9-3-5-10(6-4-9)13-11(15)7-12-8-14/h5-6,8,14-15H,7,9-13H2,1-4H3,(H,19,21);3-6,8H,2,7H2,1H3,(H,12,14)(H,13,15)/b6-5-;. The van der Waals surface area contributed by atoms with E-state index in [-0.39, 0.29) is 30.3 Å². The molecule has 0 aliphatic heterocycles. The van der Waals surface area contributed by atoms with Gasteiger partial charge in [-0.1, -0.05) is 32.9 Å². The Hall–Kier alpha value is -3.31. The van der Waals surface area contributed by atoms with Gasteiger partial charge in [-0.3, -0.25) is 14.4 Å². The van der Waals surface area contributed by atoms with E-state index < -0.39 is 0 Å². The zero-order valence-corrected chi connectivity index (χ0v) is 23.9. The molecule has 1 unspecified atom stereocenters. The second-order valence-electron chi connectivity index (χ2n) is 8.98. The molecule has 1 aromatic carbocycles. The number of aryl methyl sites for hydroxylation is 1. The van der Waals surface area contributed by atoms with Crippen LogP contribution in [0.2, 0.25) is 0 Å². The molecule has 0 aliphatic rings. The van der Waals surface area contributed by atoms with Gasteiger partial charge in [0.05, 0.1) is 6.54 Å². The van der Waals surface area contributed by atoms with E-state index in [4.69, 9.17) is 17.0 Å². The smallest absolute Gasteiger partial charge is 0.353 e. The quantitative estimate of drug-likeness (QED) is 0.112. The van der Waals surface area contributed by atoms with Crippen molar-refractivity contribution < 1.29 is 28.7 Å². The third kappa shape index (κ3) is 19.4. The first kappa shape index (κ1) is 35.7. The Labute approximate surface area is 233 Å².